The normalized spacial score (nSPS) is 12.1. The molecule has 1 heterocycles. The van der Waals surface area contributed by atoms with Crippen molar-refractivity contribution >= 4 is 5.97 Å². The lowest BCUT2D eigenvalue weighted by Gasteiger charge is -2.20. The highest BCUT2D eigenvalue weighted by Crippen LogP contribution is 2.17. The van der Waals surface area contributed by atoms with E-state index in [1.165, 1.54) is 4.68 Å². The zero-order chi connectivity index (χ0) is 15.2. The van der Waals surface area contributed by atoms with Gasteiger partial charge in [-0.25, -0.2) is 4.68 Å². The number of aromatic nitrogens is 4. The average molecular weight is 295 g/mol. The molecule has 0 aliphatic rings. The third-order valence-corrected chi connectivity index (χ3v) is 2.46. The zero-order valence-corrected chi connectivity index (χ0v) is 11.0. The second-order valence-electron chi connectivity index (χ2n) is 4.33. The van der Waals surface area contributed by atoms with E-state index in [1.807, 2.05) is 6.92 Å². The standard InChI is InChI=1S/C10H16F3N5O2/c1-2-3-4-18-8(14-15-16-18)5-17(6-9(19)20)7-10(11,12)13/h2-7H2,1H3,(H,19,20). The van der Waals surface area contributed by atoms with Crippen molar-refractivity contribution in [1.82, 2.24) is 25.1 Å². The SMILES string of the molecule is CCCCn1nnnc1CN(CC(=O)O)CC(F)(F)F. The number of rotatable bonds is 8. The summed E-state index contributed by atoms with van der Waals surface area (Å²) in [6.45, 7) is 0.152. The van der Waals surface area contributed by atoms with Crippen LogP contribution in [0.4, 0.5) is 13.2 Å². The van der Waals surface area contributed by atoms with Crippen molar-refractivity contribution in [1.29, 1.82) is 0 Å². The predicted octanol–water partition coefficient (Wildman–Crippen LogP) is 0.922. The highest BCUT2D eigenvalue weighted by atomic mass is 19.4. The Morgan fingerprint density at radius 1 is 1.45 bits per heavy atom. The number of nitrogens with zero attached hydrogens (tertiary/aromatic N) is 5. The number of carbonyl (C=O) groups is 1. The van der Waals surface area contributed by atoms with Crippen LogP contribution in [0.5, 0.6) is 0 Å². The molecule has 0 saturated heterocycles. The first-order chi connectivity index (χ1) is 9.31. The first-order valence-corrected chi connectivity index (χ1v) is 6.07. The molecule has 0 radical (unpaired) electrons. The van der Waals surface area contributed by atoms with Gasteiger partial charge in [0.25, 0.3) is 0 Å². The van der Waals surface area contributed by atoms with Crippen LogP contribution in [0.2, 0.25) is 0 Å². The summed E-state index contributed by atoms with van der Waals surface area (Å²) in [5.74, 6) is -1.11. The number of aliphatic carboxylic acids is 1. The Balaban J connectivity index is 2.73. The Kier molecular flexibility index (Phi) is 5.86. The zero-order valence-electron chi connectivity index (χ0n) is 11.0. The van der Waals surface area contributed by atoms with Crippen LogP contribution in [0.15, 0.2) is 0 Å². The molecule has 10 heteroatoms. The van der Waals surface area contributed by atoms with Crippen molar-refractivity contribution in [3.8, 4) is 0 Å². The second kappa shape index (κ2) is 7.17. The predicted molar refractivity (Wildman–Crippen MR) is 61.7 cm³/mol. The van der Waals surface area contributed by atoms with E-state index in [0.717, 1.165) is 17.7 Å². The molecular weight excluding hydrogens is 279 g/mol. The minimum absolute atomic E-state index is 0.226. The van der Waals surface area contributed by atoms with Gasteiger partial charge >= 0.3 is 12.1 Å². The lowest BCUT2D eigenvalue weighted by atomic mass is 10.3. The highest BCUT2D eigenvalue weighted by molar-refractivity contribution is 5.69. The molecular formula is C10H16F3N5O2. The van der Waals surface area contributed by atoms with Crippen LogP contribution in [-0.2, 0) is 17.9 Å². The summed E-state index contributed by atoms with van der Waals surface area (Å²) < 4.78 is 38.6. The summed E-state index contributed by atoms with van der Waals surface area (Å²) in [5, 5.41) is 19.4. The van der Waals surface area contributed by atoms with E-state index in [4.69, 9.17) is 5.11 Å². The maximum Gasteiger partial charge on any atom is 0.401 e. The molecule has 0 unspecified atom stereocenters. The van der Waals surface area contributed by atoms with Gasteiger partial charge in [-0.05, 0) is 16.8 Å². The molecule has 0 aliphatic heterocycles. The van der Waals surface area contributed by atoms with Crippen LogP contribution in [0, 0.1) is 0 Å². The molecule has 114 valence electrons. The van der Waals surface area contributed by atoms with Gasteiger partial charge in [0.15, 0.2) is 5.82 Å². The molecule has 1 aromatic heterocycles. The highest BCUT2D eigenvalue weighted by Gasteiger charge is 2.32. The third kappa shape index (κ3) is 5.95. The van der Waals surface area contributed by atoms with Gasteiger partial charge in [-0.1, -0.05) is 13.3 Å². The Bertz CT molecular complexity index is 435. The van der Waals surface area contributed by atoms with Gasteiger partial charge in [0.2, 0.25) is 0 Å². The summed E-state index contributed by atoms with van der Waals surface area (Å²) in [6.07, 6.45) is -2.80. The summed E-state index contributed by atoms with van der Waals surface area (Å²) in [7, 11) is 0. The van der Waals surface area contributed by atoms with Crippen LogP contribution in [-0.4, -0.2) is 55.4 Å². The van der Waals surface area contributed by atoms with Gasteiger partial charge in [0, 0.05) is 6.54 Å². The van der Waals surface area contributed by atoms with Crippen molar-refractivity contribution in [3.63, 3.8) is 0 Å². The quantitative estimate of drug-likeness (QED) is 0.768. The number of halogens is 3. The van der Waals surface area contributed by atoms with Crippen LogP contribution >= 0.6 is 0 Å². The molecule has 0 saturated carbocycles. The van der Waals surface area contributed by atoms with Crippen molar-refractivity contribution in [3.05, 3.63) is 5.82 Å². The Morgan fingerprint density at radius 3 is 2.70 bits per heavy atom. The number of alkyl halides is 3. The Hall–Kier alpha value is -1.71. The Morgan fingerprint density at radius 2 is 2.15 bits per heavy atom. The number of unbranched alkanes of at least 4 members (excludes halogenated alkanes) is 1. The van der Waals surface area contributed by atoms with Gasteiger partial charge in [0.05, 0.1) is 19.6 Å². The molecule has 20 heavy (non-hydrogen) atoms. The van der Waals surface area contributed by atoms with E-state index >= 15 is 0 Å². The molecule has 0 aliphatic carbocycles. The molecule has 0 atom stereocenters. The van der Waals surface area contributed by atoms with Gasteiger partial charge in [-0.15, -0.1) is 5.10 Å². The number of tetrazole rings is 1. The molecule has 0 amide bonds. The van der Waals surface area contributed by atoms with E-state index in [1.54, 1.807) is 0 Å². The summed E-state index contributed by atoms with van der Waals surface area (Å²) in [6, 6.07) is 0. The largest absolute Gasteiger partial charge is 0.480 e. The van der Waals surface area contributed by atoms with Gasteiger partial charge < -0.3 is 5.11 Å². The number of carboxylic acids is 1. The fourth-order valence-corrected chi connectivity index (χ4v) is 1.63. The lowest BCUT2D eigenvalue weighted by molar-refractivity contribution is -0.155. The summed E-state index contributed by atoms with van der Waals surface area (Å²) >= 11 is 0. The van der Waals surface area contributed by atoms with Crippen molar-refractivity contribution in [2.24, 2.45) is 0 Å². The second-order valence-corrected chi connectivity index (χ2v) is 4.33. The first-order valence-electron chi connectivity index (χ1n) is 6.07. The molecule has 1 aromatic rings. The van der Waals surface area contributed by atoms with E-state index < -0.39 is 25.2 Å². The van der Waals surface area contributed by atoms with Crippen LogP contribution < -0.4 is 0 Å². The van der Waals surface area contributed by atoms with Gasteiger partial charge in [0.1, 0.15) is 0 Å². The maximum absolute atomic E-state index is 12.4. The molecule has 0 fully saturated rings. The van der Waals surface area contributed by atoms with Crippen molar-refractivity contribution in [2.45, 2.75) is 39.0 Å². The third-order valence-electron chi connectivity index (χ3n) is 2.46. The average Bonchev–Trinajstić information content (AvgIpc) is 2.70. The number of carboxylic acid groups (broad SMARTS) is 1. The van der Waals surface area contributed by atoms with Crippen LogP contribution in [0.3, 0.4) is 0 Å². The maximum atomic E-state index is 12.4. The number of aryl methyl sites for hydroxylation is 1. The Labute approximate surface area is 113 Å². The minimum atomic E-state index is -4.48. The monoisotopic (exact) mass is 295 g/mol. The fraction of sp³-hybridized carbons (Fsp3) is 0.800. The van der Waals surface area contributed by atoms with Crippen LogP contribution in [0.25, 0.3) is 0 Å². The molecule has 1 rings (SSSR count). The van der Waals surface area contributed by atoms with E-state index in [9.17, 15) is 18.0 Å². The smallest absolute Gasteiger partial charge is 0.401 e. The lowest BCUT2D eigenvalue weighted by Crippen LogP contribution is -2.38. The topological polar surface area (TPSA) is 84.1 Å². The molecule has 0 bridgehead atoms. The van der Waals surface area contributed by atoms with E-state index in [0.29, 0.717) is 6.54 Å². The fourth-order valence-electron chi connectivity index (χ4n) is 1.63. The summed E-state index contributed by atoms with van der Waals surface area (Å²) in [5.41, 5.74) is 0. The summed E-state index contributed by atoms with van der Waals surface area (Å²) in [4.78, 5) is 11.4. The molecule has 1 N–H and O–H groups in total. The van der Waals surface area contributed by atoms with Crippen LogP contribution in [0.1, 0.15) is 25.6 Å². The molecule has 7 nitrogen and oxygen atoms in total. The first kappa shape index (κ1) is 16.3. The number of hydrogen-bond donors (Lipinski definition) is 1. The van der Waals surface area contributed by atoms with Crippen molar-refractivity contribution < 1.29 is 23.1 Å². The van der Waals surface area contributed by atoms with Gasteiger partial charge in [-0.2, -0.15) is 13.2 Å². The molecule has 0 spiro atoms. The van der Waals surface area contributed by atoms with Gasteiger partial charge in [-0.3, -0.25) is 9.69 Å². The van der Waals surface area contributed by atoms with E-state index in [2.05, 4.69) is 15.5 Å². The number of hydrogen-bond acceptors (Lipinski definition) is 5. The molecule has 0 aromatic carbocycles. The van der Waals surface area contributed by atoms with Crippen molar-refractivity contribution in [2.75, 3.05) is 13.1 Å². The minimum Gasteiger partial charge on any atom is -0.480 e. The van der Waals surface area contributed by atoms with E-state index in [-0.39, 0.29) is 12.4 Å².